The molecular formula is C28H33N7O3. The number of fused-ring (bicyclic) bond motifs is 1. The van der Waals surface area contributed by atoms with Gasteiger partial charge in [-0.15, -0.1) is 5.10 Å². The lowest BCUT2D eigenvalue weighted by Gasteiger charge is -2.35. The lowest BCUT2D eigenvalue weighted by molar-refractivity contribution is -0.121. The van der Waals surface area contributed by atoms with E-state index in [1.54, 1.807) is 26.5 Å². The number of amides is 1. The number of anilines is 3. The summed E-state index contributed by atoms with van der Waals surface area (Å²) in [4.78, 5) is 21.9. The number of piperazine rings is 1. The Bertz CT molecular complexity index is 1430. The van der Waals surface area contributed by atoms with Gasteiger partial charge in [0.15, 0.2) is 0 Å². The van der Waals surface area contributed by atoms with Gasteiger partial charge in [-0.1, -0.05) is 12.1 Å². The second kappa shape index (κ2) is 11.1. The molecule has 38 heavy (non-hydrogen) atoms. The number of nitrogens with one attached hydrogen (secondary N) is 2. The summed E-state index contributed by atoms with van der Waals surface area (Å²) >= 11 is 0. The molecule has 0 saturated carbocycles. The van der Waals surface area contributed by atoms with Gasteiger partial charge in [-0.2, -0.15) is 0 Å². The molecule has 3 heterocycles. The number of aromatic nitrogens is 3. The number of rotatable bonds is 8. The summed E-state index contributed by atoms with van der Waals surface area (Å²) < 4.78 is 13.0. The van der Waals surface area contributed by atoms with E-state index in [1.807, 2.05) is 60.0 Å². The molecule has 2 aromatic carbocycles. The summed E-state index contributed by atoms with van der Waals surface area (Å²) in [5.74, 6) is 1.70. The summed E-state index contributed by atoms with van der Waals surface area (Å²) in [6, 6.07) is 17.0. The van der Waals surface area contributed by atoms with Crippen LogP contribution in [0.15, 0.2) is 60.8 Å². The molecule has 1 saturated heterocycles. The topological polar surface area (TPSA) is 96.3 Å². The molecule has 0 bridgehead atoms. The molecule has 1 fully saturated rings. The first kappa shape index (κ1) is 25.5. The summed E-state index contributed by atoms with van der Waals surface area (Å²) in [5, 5.41) is 11.0. The van der Waals surface area contributed by atoms with Crippen molar-refractivity contribution in [3.63, 3.8) is 0 Å². The zero-order chi connectivity index (χ0) is 26.6. The van der Waals surface area contributed by atoms with Crippen LogP contribution >= 0.6 is 0 Å². The van der Waals surface area contributed by atoms with E-state index >= 15 is 0 Å². The minimum absolute atomic E-state index is 0.0393. The highest BCUT2D eigenvalue weighted by Gasteiger charge is 2.24. The molecule has 4 aromatic rings. The first-order chi connectivity index (χ1) is 18.5. The Balaban J connectivity index is 1.34. The van der Waals surface area contributed by atoms with Crippen molar-refractivity contribution in [3.05, 3.63) is 60.8 Å². The molecule has 2 N–H and O–H groups in total. The van der Waals surface area contributed by atoms with E-state index in [4.69, 9.17) is 14.6 Å². The fourth-order valence-corrected chi connectivity index (χ4v) is 4.63. The van der Waals surface area contributed by atoms with Crippen molar-refractivity contribution in [1.82, 2.24) is 24.4 Å². The maximum absolute atomic E-state index is 12.9. The van der Waals surface area contributed by atoms with Crippen LogP contribution in [0.25, 0.3) is 16.8 Å². The van der Waals surface area contributed by atoms with Crippen LogP contribution < -0.4 is 20.1 Å². The van der Waals surface area contributed by atoms with Gasteiger partial charge >= 0.3 is 0 Å². The van der Waals surface area contributed by atoms with Crippen molar-refractivity contribution >= 4 is 28.7 Å². The fraction of sp³-hybridized carbons (Fsp3) is 0.321. The van der Waals surface area contributed by atoms with Gasteiger partial charge in [0.2, 0.25) is 11.9 Å². The Morgan fingerprint density at radius 1 is 0.974 bits per heavy atom. The molecule has 10 heteroatoms. The molecule has 5 rings (SSSR count). The number of carbonyl (C=O) groups is 1. The molecule has 1 unspecified atom stereocenters. The molecule has 0 radical (unpaired) electrons. The maximum Gasteiger partial charge on any atom is 0.245 e. The number of methoxy groups -OCH3 is 2. The van der Waals surface area contributed by atoms with Crippen LogP contribution in [-0.2, 0) is 4.79 Å². The van der Waals surface area contributed by atoms with Gasteiger partial charge in [-0.05, 0) is 50.4 Å². The van der Waals surface area contributed by atoms with Crippen LogP contribution in [0.4, 0.5) is 17.3 Å². The molecule has 2 aromatic heterocycles. The third kappa shape index (κ3) is 5.27. The van der Waals surface area contributed by atoms with Gasteiger partial charge in [0.25, 0.3) is 0 Å². The molecular weight excluding hydrogens is 482 g/mol. The molecule has 0 spiro atoms. The Morgan fingerprint density at radius 3 is 2.50 bits per heavy atom. The van der Waals surface area contributed by atoms with Crippen LogP contribution in [0.5, 0.6) is 11.5 Å². The zero-order valence-electron chi connectivity index (χ0n) is 22.1. The Morgan fingerprint density at radius 2 is 1.74 bits per heavy atom. The van der Waals surface area contributed by atoms with Crippen LogP contribution in [0.2, 0.25) is 0 Å². The average Bonchev–Trinajstić information content (AvgIpc) is 3.37. The number of para-hydroxylation sites is 1. The SMILES string of the molecule is COc1cc(NC(=O)C(C)N2CCN(C)CC2)ccc1Nc1ncc2ccc(-c3ccccc3OC)n2n1. The number of likely N-dealkylation sites (N-methyl/N-ethyl adjacent to an activating group) is 1. The first-order valence-corrected chi connectivity index (χ1v) is 12.6. The van der Waals surface area contributed by atoms with Crippen molar-refractivity contribution in [3.8, 4) is 22.8 Å². The van der Waals surface area contributed by atoms with E-state index in [0.717, 1.165) is 48.7 Å². The van der Waals surface area contributed by atoms with E-state index in [0.29, 0.717) is 23.1 Å². The van der Waals surface area contributed by atoms with E-state index in [-0.39, 0.29) is 11.9 Å². The minimum atomic E-state index is -0.216. The quantitative estimate of drug-likeness (QED) is 0.367. The molecule has 1 amide bonds. The third-order valence-electron chi connectivity index (χ3n) is 6.96. The fourth-order valence-electron chi connectivity index (χ4n) is 4.63. The monoisotopic (exact) mass is 515 g/mol. The predicted molar refractivity (Wildman–Crippen MR) is 148 cm³/mol. The number of benzene rings is 2. The first-order valence-electron chi connectivity index (χ1n) is 12.6. The van der Waals surface area contributed by atoms with Gasteiger partial charge in [0, 0.05) is 43.5 Å². The highest BCUT2D eigenvalue weighted by molar-refractivity contribution is 5.95. The summed E-state index contributed by atoms with van der Waals surface area (Å²) in [6.45, 7) is 5.62. The number of nitrogens with zero attached hydrogens (tertiary/aromatic N) is 5. The van der Waals surface area contributed by atoms with E-state index in [9.17, 15) is 4.79 Å². The van der Waals surface area contributed by atoms with E-state index in [1.165, 1.54) is 0 Å². The average molecular weight is 516 g/mol. The van der Waals surface area contributed by atoms with E-state index < -0.39 is 0 Å². The van der Waals surface area contributed by atoms with Crippen molar-refractivity contribution in [1.29, 1.82) is 0 Å². The second-order valence-corrected chi connectivity index (χ2v) is 9.38. The van der Waals surface area contributed by atoms with Gasteiger partial charge in [-0.25, -0.2) is 9.50 Å². The Hall–Kier alpha value is -4.15. The van der Waals surface area contributed by atoms with Crippen LogP contribution in [-0.4, -0.2) is 83.8 Å². The second-order valence-electron chi connectivity index (χ2n) is 9.38. The number of ether oxygens (including phenoxy) is 2. The summed E-state index contributed by atoms with van der Waals surface area (Å²) in [7, 11) is 5.35. The molecule has 1 aliphatic rings. The minimum Gasteiger partial charge on any atom is -0.496 e. The maximum atomic E-state index is 12.9. The summed E-state index contributed by atoms with van der Waals surface area (Å²) in [6.07, 6.45) is 1.76. The normalized spacial score (nSPS) is 15.3. The van der Waals surface area contributed by atoms with E-state index in [2.05, 4.69) is 32.5 Å². The highest BCUT2D eigenvalue weighted by atomic mass is 16.5. The molecule has 10 nitrogen and oxygen atoms in total. The van der Waals surface area contributed by atoms with Gasteiger partial charge in [0.1, 0.15) is 11.5 Å². The lowest BCUT2D eigenvalue weighted by atomic mass is 10.1. The Kier molecular flexibility index (Phi) is 7.43. The van der Waals surface area contributed by atoms with Crippen molar-refractivity contribution in [2.75, 3.05) is 58.1 Å². The van der Waals surface area contributed by atoms with Crippen LogP contribution in [0.3, 0.4) is 0 Å². The number of hydrogen-bond donors (Lipinski definition) is 2. The van der Waals surface area contributed by atoms with Gasteiger partial charge in [0.05, 0.1) is 43.4 Å². The van der Waals surface area contributed by atoms with Crippen molar-refractivity contribution in [2.24, 2.45) is 0 Å². The Labute approximate surface area is 222 Å². The number of carbonyl (C=O) groups excluding carboxylic acids is 1. The van der Waals surface area contributed by atoms with Gasteiger partial charge in [-0.3, -0.25) is 9.69 Å². The smallest absolute Gasteiger partial charge is 0.245 e. The van der Waals surface area contributed by atoms with Crippen LogP contribution in [0.1, 0.15) is 6.92 Å². The predicted octanol–water partition coefficient (Wildman–Crippen LogP) is 3.73. The van der Waals surface area contributed by atoms with Crippen molar-refractivity contribution in [2.45, 2.75) is 13.0 Å². The van der Waals surface area contributed by atoms with Gasteiger partial charge < -0.3 is 25.0 Å². The standard InChI is InChI=1S/C28H33N7O3/c1-19(34-15-13-33(2)14-16-34)27(36)30-20-9-11-23(26(17-20)38-4)31-28-29-18-21-10-12-24(35(21)32-28)22-7-5-6-8-25(22)37-3/h5-12,17-19H,13-16H2,1-4H3,(H,30,36)(H,31,32). The zero-order valence-corrected chi connectivity index (χ0v) is 22.1. The largest absolute Gasteiger partial charge is 0.496 e. The molecule has 198 valence electrons. The van der Waals surface area contributed by atoms with Crippen molar-refractivity contribution < 1.29 is 14.3 Å². The number of hydrogen-bond acceptors (Lipinski definition) is 8. The highest BCUT2D eigenvalue weighted by Crippen LogP contribution is 2.32. The summed E-state index contributed by atoms with van der Waals surface area (Å²) in [5.41, 5.74) is 4.03. The third-order valence-corrected chi connectivity index (χ3v) is 6.96. The molecule has 1 aliphatic heterocycles. The lowest BCUT2D eigenvalue weighted by Crippen LogP contribution is -2.51. The molecule has 1 atom stereocenters. The molecule has 0 aliphatic carbocycles. The van der Waals surface area contributed by atoms with Crippen LogP contribution in [0, 0.1) is 0 Å².